The summed E-state index contributed by atoms with van der Waals surface area (Å²) in [4.78, 5) is 0. The molecule has 0 bridgehead atoms. The van der Waals surface area contributed by atoms with Gasteiger partial charge in [0.1, 0.15) is 0 Å². The standard InChI is InChI=1S/C2H4N2S2/c5-2-3-1-6-4-2/h1H2,(H2,3,4,5). The van der Waals surface area contributed by atoms with Gasteiger partial charge in [0, 0.05) is 0 Å². The molecule has 1 heterocycles. The van der Waals surface area contributed by atoms with Crippen LogP contribution in [-0.2, 0) is 0 Å². The molecule has 0 saturated carbocycles. The summed E-state index contributed by atoms with van der Waals surface area (Å²) in [6.07, 6.45) is 0. The van der Waals surface area contributed by atoms with E-state index in [1.807, 2.05) is 0 Å². The first-order valence-corrected chi connectivity index (χ1v) is 2.94. The molecule has 0 spiro atoms. The van der Waals surface area contributed by atoms with Gasteiger partial charge in [-0.3, -0.25) is 0 Å². The molecule has 0 aromatic rings. The molecular weight excluding hydrogens is 116 g/mol. The van der Waals surface area contributed by atoms with E-state index in [2.05, 4.69) is 22.3 Å². The highest BCUT2D eigenvalue weighted by molar-refractivity contribution is 7.99. The average Bonchev–Trinajstić information content (AvgIpc) is 1.86. The van der Waals surface area contributed by atoms with Gasteiger partial charge in [-0.2, -0.15) is 0 Å². The van der Waals surface area contributed by atoms with Crippen LogP contribution in [0.1, 0.15) is 0 Å². The fourth-order valence-corrected chi connectivity index (χ4v) is 1.07. The number of rotatable bonds is 0. The number of nitrogens with one attached hydrogen (secondary N) is 2. The molecule has 0 amide bonds. The summed E-state index contributed by atoms with van der Waals surface area (Å²) in [5.41, 5.74) is 0. The molecule has 0 aliphatic carbocycles. The van der Waals surface area contributed by atoms with Crippen LogP contribution < -0.4 is 10.0 Å². The largest absolute Gasteiger partial charge is 0.351 e. The Morgan fingerprint density at radius 1 is 1.83 bits per heavy atom. The summed E-state index contributed by atoms with van der Waals surface area (Å²) >= 11 is 6.26. The zero-order valence-electron chi connectivity index (χ0n) is 3.02. The summed E-state index contributed by atoms with van der Waals surface area (Å²) in [5, 5.41) is 3.65. The first-order chi connectivity index (χ1) is 2.89. The van der Waals surface area contributed by atoms with Crippen molar-refractivity contribution in [3.8, 4) is 0 Å². The minimum Gasteiger partial charge on any atom is -0.351 e. The molecule has 1 saturated heterocycles. The first kappa shape index (κ1) is 4.21. The predicted octanol–water partition coefficient (Wildman–Crippen LogP) is 0.0698. The second-order valence-corrected chi connectivity index (χ2v) is 2.09. The summed E-state index contributed by atoms with van der Waals surface area (Å²) in [6, 6.07) is 0. The Hall–Kier alpha value is 0.0400. The van der Waals surface area contributed by atoms with Gasteiger partial charge in [-0.25, -0.2) is 0 Å². The van der Waals surface area contributed by atoms with Crippen molar-refractivity contribution in [2.75, 3.05) is 5.88 Å². The van der Waals surface area contributed by atoms with Crippen LogP contribution in [0.2, 0.25) is 0 Å². The van der Waals surface area contributed by atoms with E-state index in [4.69, 9.17) is 0 Å². The maximum Gasteiger partial charge on any atom is 0.177 e. The minimum absolute atomic E-state index is 0.750. The lowest BCUT2D eigenvalue weighted by Crippen LogP contribution is -2.18. The van der Waals surface area contributed by atoms with Gasteiger partial charge in [0.15, 0.2) is 5.11 Å². The predicted molar refractivity (Wildman–Crippen MR) is 31.3 cm³/mol. The molecule has 0 aromatic carbocycles. The lowest BCUT2D eigenvalue weighted by atomic mass is 11.1. The van der Waals surface area contributed by atoms with Crippen molar-refractivity contribution in [3.63, 3.8) is 0 Å². The fraction of sp³-hybridized carbons (Fsp3) is 0.500. The average molecular weight is 120 g/mol. The molecule has 1 rings (SSSR count). The topological polar surface area (TPSA) is 24.1 Å². The van der Waals surface area contributed by atoms with Crippen molar-refractivity contribution in [1.82, 2.24) is 10.0 Å². The van der Waals surface area contributed by atoms with E-state index in [0.717, 1.165) is 11.0 Å². The van der Waals surface area contributed by atoms with Crippen LogP contribution in [0.4, 0.5) is 0 Å². The van der Waals surface area contributed by atoms with E-state index in [1.165, 1.54) is 0 Å². The molecule has 1 fully saturated rings. The first-order valence-electron chi connectivity index (χ1n) is 1.55. The van der Waals surface area contributed by atoms with Gasteiger partial charge in [-0.1, -0.05) is 0 Å². The van der Waals surface area contributed by atoms with Crippen molar-refractivity contribution >= 4 is 29.3 Å². The molecule has 1 aliphatic heterocycles. The lowest BCUT2D eigenvalue weighted by Gasteiger charge is -1.83. The molecule has 34 valence electrons. The third-order valence-corrected chi connectivity index (χ3v) is 1.48. The smallest absolute Gasteiger partial charge is 0.177 e. The minimum atomic E-state index is 0.750. The van der Waals surface area contributed by atoms with E-state index >= 15 is 0 Å². The van der Waals surface area contributed by atoms with Crippen LogP contribution in [0.15, 0.2) is 0 Å². The van der Waals surface area contributed by atoms with E-state index in [0.29, 0.717) is 0 Å². The van der Waals surface area contributed by atoms with Gasteiger partial charge in [0.2, 0.25) is 0 Å². The van der Waals surface area contributed by atoms with E-state index in [1.54, 1.807) is 11.9 Å². The van der Waals surface area contributed by atoms with Gasteiger partial charge in [0.05, 0.1) is 5.88 Å². The molecule has 0 radical (unpaired) electrons. The van der Waals surface area contributed by atoms with E-state index < -0.39 is 0 Å². The second kappa shape index (κ2) is 1.66. The van der Waals surface area contributed by atoms with Gasteiger partial charge >= 0.3 is 0 Å². The molecule has 4 heteroatoms. The SMILES string of the molecule is S=C1NCSN1. The molecule has 0 atom stereocenters. The number of hydrogen-bond donors (Lipinski definition) is 2. The molecule has 0 unspecified atom stereocenters. The Balaban J connectivity index is 2.37. The monoisotopic (exact) mass is 120 g/mol. The molecule has 0 aromatic heterocycles. The molecular formula is C2H4N2S2. The van der Waals surface area contributed by atoms with E-state index in [-0.39, 0.29) is 0 Å². The zero-order chi connectivity index (χ0) is 4.41. The van der Waals surface area contributed by atoms with E-state index in [9.17, 15) is 0 Å². The quantitative estimate of drug-likeness (QED) is 0.349. The molecule has 1 aliphatic rings. The Kier molecular flexibility index (Phi) is 1.16. The molecule has 2 nitrogen and oxygen atoms in total. The normalized spacial score (nSPS) is 19.7. The summed E-state index contributed by atoms with van der Waals surface area (Å²) < 4.78 is 2.86. The highest BCUT2D eigenvalue weighted by Crippen LogP contribution is 1.94. The van der Waals surface area contributed by atoms with Crippen molar-refractivity contribution < 1.29 is 0 Å². The maximum atomic E-state index is 4.68. The third-order valence-electron chi connectivity index (χ3n) is 0.470. The number of thiocarbonyl (C=S) groups is 1. The van der Waals surface area contributed by atoms with Crippen LogP contribution in [0.5, 0.6) is 0 Å². The van der Waals surface area contributed by atoms with Gasteiger partial charge in [-0.05, 0) is 24.2 Å². The summed E-state index contributed by atoms with van der Waals surface area (Å²) in [7, 11) is 0. The van der Waals surface area contributed by atoms with Crippen LogP contribution in [0.25, 0.3) is 0 Å². The Labute approximate surface area is 45.8 Å². The Morgan fingerprint density at radius 3 is 2.83 bits per heavy atom. The fourth-order valence-electron chi connectivity index (χ4n) is 0.239. The van der Waals surface area contributed by atoms with Crippen molar-refractivity contribution in [2.24, 2.45) is 0 Å². The number of hydrogen-bond acceptors (Lipinski definition) is 2. The highest BCUT2D eigenvalue weighted by Gasteiger charge is 1.99. The Bertz CT molecular complexity index is 63.9. The maximum absolute atomic E-state index is 4.68. The highest BCUT2D eigenvalue weighted by atomic mass is 32.2. The van der Waals surface area contributed by atoms with Crippen LogP contribution in [-0.4, -0.2) is 11.0 Å². The van der Waals surface area contributed by atoms with Gasteiger partial charge in [-0.15, -0.1) is 0 Å². The lowest BCUT2D eigenvalue weighted by molar-refractivity contribution is 1.17. The second-order valence-electron chi connectivity index (χ2n) is 0.897. The van der Waals surface area contributed by atoms with Crippen LogP contribution in [0.3, 0.4) is 0 Å². The van der Waals surface area contributed by atoms with Crippen molar-refractivity contribution in [1.29, 1.82) is 0 Å². The van der Waals surface area contributed by atoms with Crippen LogP contribution >= 0.6 is 24.2 Å². The molecule has 2 N–H and O–H groups in total. The van der Waals surface area contributed by atoms with Crippen molar-refractivity contribution in [2.45, 2.75) is 0 Å². The van der Waals surface area contributed by atoms with Gasteiger partial charge < -0.3 is 10.0 Å². The zero-order valence-corrected chi connectivity index (χ0v) is 4.66. The van der Waals surface area contributed by atoms with Gasteiger partial charge in [0.25, 0.3) is 0 Å². The van der Waals surface area contributed by atoms with Crippen molar-refractivity contribution in [3.05, 3.63) is 0 Å². The third kappa shape index (κ3) is 0.753. The van der Waals surface area contributed by atoms with Crippen LogP contribution in [0, 0.1) is 0 Å². The summed E-state index contributed by atoms with van der Waals surface area (Å²) in [5.74, 6) is 0.902. The molecule has 6 heavy (non-hydrogen) atoms. The summed E-state index contributed by atoms with van der Waals surface area (Å²) in [6.45, 7) is 0. The Morgan fingerprint density at radius 2 is 2.67 bits per heavy atom.